The number of benzene rings is 1. The highest BCUT2D eigenvalue weighted by atomic mass is 35.5. The molecule has 1 saturated carbocycles. The van der Waals surface area contributed by atoms with Gasteiger partial charge in [0.25, 0.3) is 0 Å². The molecule has 3 nitrogen and oxygen atoms in total. The second kappa shape index (κ2) is 6.30. The summed E-state index contributed by atoms with van der Waals surface area (Å²) in [4.78, 5) is 2.44. The summed E-state index contributed by atoms with van der Waals surface area (Å²) in [6.45, 7) is 1.90. The molecule has 0 radical (unpaired) electrons. The van der Waals surface area contributed by atoms with Crippen molar-refractivity contribution in [2.45, 2.75) is 31.7 Å². The van der Waals surface area contributed by atoms with Crippen molar-refractivity contribution < 1.29 is 0 Å². The molecule has 100 valence electrons. The average Bonchev–Trinajstić information content (AvgIpc) is 2.86. The first-order valence-corrected chi connectivity index (χ1v) is 7.04. The molecule has 1 aromatic rings. The van der Waals surface area contributed by atoms with Gasteiger partial charge in [0.15, 0.2) is 0 Å². The van der Waals surface area contributed by atoms with Gasteiger partial charge >= 0.3 is 0 Å². The summed E-state index contributed by atoms with van der Waals surface area (Å²) in [7, 11) is 2.20. The summed E-state index contributed by atoms with van der Waals surface area (Å²) in [6, 6.07) is 6.36. The van der Waals surface area contributed by atoms with E-state index in [4.69, 9.17) is 17.3 Å². The van der Waals surface area contributed by atoms with Gasteiger partial charge in [-0.1, -0.05) is 30.5 Å². The number of likely N-dealkylation sites (N-methyl/N-ethyl adjacent to an activating group) is 1. The van der Waals surface area contributed by atoms with E-state index in [1.54, 1.807) is 0 Å². The maximum absolute atomic E-state index is 6.12. The minimum absolute atomic E-state index is 0.693. The Labute approximate surface area is 114 Å². The summed E-state index contributed by atoms with van der Waals surface area (Å²) in [5.41, 5.74) is 7.47. The molecule has 18 heavy (non-hydrogen) atoms. The third-order valence-corrected chi connectivity index (χ3v) is 4.08. The van der Waals surface area contributed by atoms with Crippen molar-refractivity contribution in [2.24, 2.45) is 0 Å². The van der Waals surface area contributed by atoms with Crippen molar-refractivity contribution >= 4 is 23.0 Å². The number of rotatable bonds is 5. The Hall–Kier alpha value is -0.930. The standard InChI is InChI=1S/C14H22ClN3/c1-18(11-5-2-3-6-11)10-9-17-14-12(15)7-4-8-13(14)16/h4,7-8,11,17H,2-3,5-6,9-10,16H2,1H3. The van der Waals surface area contributed by atoms with Gasteiger partial charge in [-0.25, -0.2) is 0 Å². The van der Waals surface area contributed by atoms with Crippen LogP contribution in [0.1, 0.15) is 25.7 Å². The first kappa shape index (κ1) is 13.5. The minimum Gasteiger partial charge on any atom is -0.397 e. The van der Waals surface area contributed by atoms with Gasteiger partial charge in [0.1, 0.15) is 0 Å². The van der Waals surface area contributed by atoms with Crippen LogP contribution < -0.4 is 11.1 Å². The largest absolute Gasteiger partial charge is 0.397 e. The second-order valence-electron chi connectivity index (χ2n) is 5.05. The molecule has 0 aromatic heterocycles. The third kappa shape index (κ3) is 3.30. The first-order valence-electron chi connectivity index (χ1n) is 6.66. The van der Waals surface area contributed by atoms with Crippen molar-refractivity contribution in [1.29, 1.82) is 0 Å². The van der Waals surface area contributed by atoms with E-state index in [0.29, 0.717) is 10.7 Å². The second-order valence-corrected chi connectivity index (χ2v) is 5.46. The molecule has 1 aromatic carbocycles. The van der Waals surface area contributed by atoms with Gasteiger partial charge in [0.2, 0.25) is 0 Å². The van der Waals surface area contributed by atoms with Gasteiger partial charge in [-0.05, 0) is 32.0 Å². The molecule has 2 rings (SSSR count). The van der Waals surface area contributed by atoms with Crippen LogP contribution in [0.4, 0.5) is 11.4 Å². The molecular formula is C14H22ClN3. The molecule has 1 aliphatic carbocycles. The number of hydrogen-bond acceptors (Lipinski definition) is 3. The fourth-order valence-electron chi connectivity index (χ4n) is 2.61. The highest BCUT2D eigenvalue weighted by Gasteiger charge is 2.18. The first-order chi connectivity index (χ1) is 8.68. The fourth-order valence-corrected chi connectivity index (χ4v) is 2.86. The molecule has 0 spiro atoms. The SMILES string of the molecule is CN(CCNc1c(N)cccc1Cl)C1CCCC1. The van der Waals surface area contributed by atoms with Gasteiger partial charge in [-0.3, -0.25) is 0 Å². The molecule has 0 unspecified atom stereocenters. The Kier molecular flexibility index (Phi) is 4.72. The number of nitrogens with one attached hydrogen (secondary N) is 1. The van der Waals surface area contributed by atoms with Crippen LogP contribution in [0.3, 0.4) is 0 Å². The van der Waals surface area contributed by atoms with Crippen LogP contribution in [0.25, 0.3) is 0 Å². The van der Waals surface area contributed by atoms with Crippen LogP contribution in [0.2, 0.25) is 5.02 Å². The number of anilines is 2. The highest BCUT2D eigenvalue weighted by Crippen LogP contribution is 2.27. The number of nitrogens with two attached hydrogens (primary N) is 1. The number of nitrogen functional groups attached to an aromatic ring is 1. The highest BCUT2D eigenvalue weighted by molar-refractivity contribution is 6.33. The predicted molar refractivity (Wildman–Crippen MR) is 79.2 cm³/mol. The molecule has 1 fully saturated rings. The van der Waals surface area contributed by atoms with Gasteiger partial charge in [-0.2, -0.15) is 0 Å². The number of nitrogens with zero attached hydrogens (tertiary/aromatic N) is 1. The lowest BCUT2D eigenvalue weighted by molar-refractivity contribution is 0.254. The van der Waals surface area contributed by atoms with Crippen LogP contribution in [0.15, 0.2) is 18.2 Å². The summed E-state index contributed by atoms with van der Waals surface area (Å²) in [6.07, 6.45) is 5.43. The zero-order valence-corrected chi connectivity index (χ0v) is 11.7. The minimum atomic E-state index is 0.693. The normalized spacial score (nSPS) is 16.4. The maximum atomic E-state index is 6.12. The summed E-state index contributed by atoms with van der Waals surface area (Å²) < 4.78 is 0. The van der Waals surface area contributed by atoms with E-state index < -0.39 is 0 Å². The van der Waals surface area contributed by atoms with E-state index >= 15 is 0 Å². The molecule has 0 aliphatic heterocycles. The Morgan fingerprint density at radius 1 is 1.39 bits per heavy atom. The zero-order valence-electron chi connectivity index (χ0n) is 11.0. The molecule has 1 aliphatic rings. The van der Waals surface area contributed by atoms with Gasteiger partial charge in [0.05, 0.1) is 16.4 Å². The third-order valence-electron chi connectivity index (χ3n) is 3.76. The molecule has 0 bridgehead atoms. The fraction of sp³-hybridized carbons (Fsp3) is 0.571. The van der Waals surface area contributed by atoms with Crippen molar-refractivity contribution in [1.82, 2.24) is 4.90 Å². The predicted octanol–water partition coefficient (Wildman–Crippen LogP) is 3.21. The van der Waals surface area contributed by atoms with E-state index in [2.05, 4.69) is 17.3 Å². The molecular weight excluding hydrogens is 246 g/mol. The lowest BCUT2D eigenvalue weighted by Crippen LogP contribution is -2.33. The summed E-state index contributed by atoms with van der Waals surface area (Å²) in [5, 5.41) is 4.03. The molecule has 0 amide bonds. The van der Waals surface area contributed by atoms with E-state index in [-0.39, 0.29) is 0 Å². The van der Waals surface area contributed by atoms with Crippen LogP contribution in [-0.4, -0.2) is 31.1 Å². The molecule has 0 heterocycles. The van der Waals surface area contributed by atoms with E-state index in [1.807, 2.05) is 18.2 Å². The van der Waals surface area contributed by atoms with E-state index in [1.165, 1.54) is 25.7 Å². The lowest BCUT2D eigenvalue weighted by atomic mass is 10.2. The molecule has 3 N–H and O–H groups in total. The van der Waals surface area contributed by atoms with Gasteiger partial charge in [-0.15, -0.1) is 0 Å². The van der Waals surface area contributed by atoms with Crippen LogP contribution >= 0.6 is 11.6 Å². The lowest BCUT2D eigenvalue weighted by Gasteiger charge is -2.24. The Morgan fingerprint density at radius 2 is 2.11 bits per heavy atom. The summed E-state index contributed by atoms with van der Waals surface area (Å²) in [5.74, 6) is 0. The number of halogens is 1. The average molecular weight is 268 g/mol. The summed E-state index contributed by atoms with van der Waals surface area (Å²) >= 11 is 6.12. The number of hydrogen-bond donors (Lipinski definition) is 2. The topological polar surface area (TPSA) is 41.3 Å². The van der Waals surface area contributed by atoms with Gasteiger partial charge < -0.3 is 16.0 Å². The van der Waals surface area contributed by atoms with Crippen LogP contribution in [-0.2, 0) is 0 Å². The van der Waals surface area contributed by atoms with Crippen molar-refractivity contribution in [3.8, 4) is 0 Å². The molecule has 4 heteroatoms. The van der Waals surface area contributed by atoms with Crippen molar-refractivity contribution in [3.05, 3.63) is 23.2 Å². The Balaban J connectivity index is 1.81. The maximum Gasteiger partial charge on any atom is 0.0763 e. The van der Waals surface area contributed by atoms with E-state index in [0.717, 1.165) is 24.8 Å². The van der Waals surface area contributed by atoms with Crippen molar-refractivity contribution in [3.63, 3.8) is 0 Å². The molecule has 0 saturated heterocycles. The van der Waals surface area contributed by atoms with Crippen molar-refractivity contribution in [2.75, 3.05) is 31.2 Å². The smallest absolute Gasteiger partial charge is 0.0763 e. The van der Waals surface area contributed by atoms with Gasteiger partial charge in [0, 0.05) is 19.1 Å². The number of para-hydroxylation sites is 1. The van der Waals surface area contributed by atoms with Crippen LogP contribution in [0, 0.1) is 0 Å². The Morgan fingerprint density at radius 3 is 2.78 bits per heavy atom. The monoisotopic (exact) mass is 267 g/mol. The quantitative estimate of drug-likeness (QED) is 0.805. The van der Waals surface area contributed by atoms with Crippen LogP contribution in [0.5, 0.6) is 0 Å². The van der Waals surface area contributed by atoms with E-state index in [9.17, 15) is 0 Å². The molecule has 0 atom stereocenters. The zero-order chi connectivity index (χ0) is 13.0. The Bertz CT molecular complexity index is 368.